The SMILES string of the molecule is COC(Cc1ccccc1)CS(=O)(=O)NCC(C)(C)CCCO. The van der Waals surface area contributed by atoms with Crippen molar-refractivity contribution in [1.82, 2.24) is 4.72 Å². The number of hydrogen-bond donors (Lipinski definition) is 2. The summed E-state index contributed by atoms with van der Waals surface area (Å²) in [5, 5.41) is 8.89. The zero-order valence-corrected chi connectivity index (χ0v) is 15.1. The van der Waals surface area contributed by atoms with E-state index in [0.29, 0.717) is 19.4 Å². The van der Waals surface area contributed by atoms with Crippen LogP contribution in [0, 0.1) is 5.41 Å². The van der Waals surface area contributed by atoms with Crippen LogP contribution in [0.2, 0.25) is 0 Å². The van der Waals surface area contributed by atoms with Gasteiger partial charge in [-0.2, -0.15) is 0 Å². The second-order valence-electron chi connectivity index (χ2n) is 6.64. The fourth-order valence-electron chi connectivity index (χ4n) is 2.34. The van der Waals surface area contributed by atoms with E-state index in [9.17, 15) is 8.42 Å². The maximum Gasteiger partial charge on any atom is 0.214 e. The van der Waals surface area contributed by atoms with E-state index in [1.165, 1.54) is 7.11 Å². The molecule has 2 N–H and O–H groups in total. The fraction of sp³-hybridized carbons (Fsp3) is 0.647. The minimum absolute atomic E-state index is 0.0610. The molecule has 6 heteroatoms. The van der Waals surface area contributed by atoms with Gasteiger partial charge >= 0.3 is 0 Å². The van der Waals surface area contributed by atoms with Crippen LogP contribution in [0.25, 0.3) is 0 Å². The van der Waals surface area contributed by atoms with Crippen molar-refractivity contribution in [3.8, 4) is 0 Å². The van der Waals surface area contributed by atoms with E-state index >= 15 is 0 Å². The van der Waals surface area contributed by atoms with Crippen molar-refractivity contribution in [3.05, 3.63) is 35.9 Å². The Bertz CT molecular complexity index is 543. The minimum Gasteiger partial charge on any atom is -0.396 e. The molecule has 0 bridgehead atoms. The number of aliphatic hydroxyl groups excluding tert-OH is 1. The number of sulfonamides is 1. The Balaban J connectivity index is 2.55. The molecule has 0 aliphatic rings. The highest BCUT2D eigenvalue weighted by molar-refractivity contribution is 7.89. The highest BCUT2D eigenvalue weighted by atomic mass is 32.2. The van der Waals surface area contributed by atoms with Crippen LogP contribution in [0.3, 0.4) is 0 Å². The van der Waals surface area contributed by atoms with Gasteiger partial charge in [0.1, 0.15) is 0 Å². The van der Waals surface area contributed by atoms with Crippen LogP contribution in [0.4, 0.5) is 0 Å². The molecular weight excluding hydrogens is 314 g/mol. The standard InChI is InChI=1S/C17H29NO4S/c1-17(2,10-7-11-19)14-18-23(20,21)13-16(22-3)12-15-8-5-4-6-9-15/h4-6,8-9,16,18-19H,7,10-14H2,1-3H3. The molecule has 1 rings (SSSR count). The first kappa shape index (κ1) is 20.1. The van der Waals surface area contributed by atoms with Crippen molar-refractivity contribution < 1.29 is 18.3 Å². The highest BCUT2D eigenvalue weighted by Crippen LogP contribution is 2.21. The van der Waals surface area contributed by atoms with Crippen LogP contribution in [0.15, 0.2) is 30.3 Å². The normalized spacial score (nSPS) is 13.9. The summed E-state index contributed by atoms with van der Waals surface area (Å²) < 4.78 is 32.5. The molecule has 1 unspecified atom stereocenters. The lowest BCUT2D eigenvalue weighted by molar-refractivity contribution is 0.120. The van der Waals surface area contributed by atoms with Gasteiger partial charge in [0.05, 0.1) is 11.9 Å². The van der Waals surface area contributed by atoms with Gasteiger partial charge in [-0.05, 0) is 30.2 Å². The van der Waals surface area contributed by atoms with E-state index in [1.807, 2.05) is 44.2 Å². The first-order chi connectivity index (χ1) is 10.8. The zero-order valence-electron chi connectivity index (χ0n) is 14.3. The molecule has 0 aliphatic heterocycles. The molecule has 1 aromatic carbocycles. The van der Waals surface area contributed by atoms with E-state index in [1.54, 1.807) is 0 Å². The number of ether oxygens (including phenoxy) is 1. The van der Waals surface area contributed by atoms with Gasteiger partial charge < -0.3 is 9.84 Å². The molecule has 132 valence electrons. The lowest BCUT2D eigenvalue weighted by Gasteiger charge is -2.25. The third kappa shape index (κ3) is 8.46. The van der Waals surface area contributed by atoms with Crippen LogP contribution < -0.4 is 4.72 Å². The Kier molecular flexibility index (Phi) is 8.19. The second-order valence-corrected chi connectivity index (χ2v) is 8.49. The molecule has 0 radical (unpaired) electrons. The summed E-state index contributed by atoms with van der Waals surface area (Å²) in [5.74, 6) is -0.0610. The molecule has 0 saturated heterocycles. The molecule has 23 heavy (non-hydrogen) atoms. The van der Waals surface area contributed by atoms with Gasteiger partial charge in [-0.25, -0.2) is 13.1 Å². The predicted molar refractivity (Wildman–Crippen MR) is 92.8 cm³/mol. The molecule has 0 amide bonds. The number of hydrogen-bond acceptors (Lipinski definition) is 4. The molecule has 0 heterocycles. The van der Waals surface area contributed by atoms with Crippen LogP contribution in [0.5, 0.6) is 0 Å². The summed E-state index contributed by atoms with van der Waals surface area (Å²) in [6.45, 7) is 4.46. The van der Waals surface area contributed by atoms with Crippen LogP contribution >= 0.6 is 0 Å². The van der Waals surface area contributed by atoms with E-state index in [-0.39, 0.29) is 23.9 Å². The predicted octanol–water partition coefficient (Wildman–Crippen LogP) is 1.96. The highest BCUT2D eigenvalue weighted by Gasteiger charge is 2.23. The lowest BCUT2D eigenvalue weighted by Crippen LogP contribution is -2.39. The average molecular weight is 343 g/mol. The van der Waals surface area contributed by atoms with Crippen LogP contribution in [-0.4, -0.2) is 45.6 Å². The summed E-state index contributed by atoms with van der Waals surface area (Å²) >= 11 is 0. The molecule has 0 aliphatic carbocycles. The number of aliphatic hydroxyl groups is 1. The molecule has 0 spiro atoms. The average Bonchev–Trinajstić information content (AvgIpc) is 2.51. The Morgan fingerprint density at radius 2 is 1.91 bits per heavy atom. The van der Waals surface area contributed by atoms with Gasteiger partial charge in [-0.1, -0.05) is 44.2 Å². The van der Waals surface area contributed by atoms with E-state index in [2.05, 4.69) is 4.72 Å². The van der Waals surface area contributed by atoms with Crippen molar-refractivity contribution >= 4 is 10.0 Å². The first-order valence-corrected chi connectivity index (χ1v) is 9.58. The van der Waals surface area contributed by atoms with Crippen molar-refractivity contribution in [3.63, 3.8) is 0 Å². The Morgan fingerprint density at radius 3 is 2.48 bits per heavy atom. The monoisotopic (exact) mass is 343 g/mol. The smallest absolute Gasteiger partial charge is 0.214 e. The zero-order chi connectivity index (χ0) is 17.3. The van der Waals surface area contributed by atoms with Gasteiger partial charge in [0.2, 0.25) is 10.0 Å². The number of rotatable bonds is 11. The quantitative estimate of drug-likeness (QED) is 0.644. The largest absolute Gasteiger partial charge is 0.396 e. The second kappa shape index (κ2) is 9.37. The molecule has 0 saturated carbocycles. The van der Waals surface area contributed by atoms with E-state index < -0.39 is 10.0 Å². The molecule has 0 aromatic heterocycles. The Morgan fingerprint density at radius 1 is 1.26 bits per heavy atom. The first-order valence-electron chi connectivity index (χ1n) is 7.93. The summed E-state index contributed by atoms with van der Waals surface area (Å²) in [7, 11) is -1.87. The van der Waals surface area contributed by atoms with Gasteiger partial charge in [-0.3, -0.25) is 0 Å². The van der Waals surface area contributed by atoms with Gasteiger partial charge in [0.25, 0.3) is 0 Å². The molecular formula is C17H29NO4S. The summed E-state index contributed by atoms with van der Waals surface area (Å²) in [5.41, 5.74) is 0.871. The third-order valence-corrected chi connectivity index (χ3v) is 5.22. The van der Waals surface area contributed by atoms with Gasteiger partial charge in [0.15, 0.2) is 0 Å². The number of nitrogens with one attached hydrogen (secondary N) is 1. The van der Waals surface area contributed by atoms with Crippen LogP contribution in [0.1, 0.15) is 32.3 Å². The maximum absolute atomic E-state index is 12.3. The van der Waals surface area contributed by atoms with Crippen molar-refractivity contribution in [1.29, 1.82) is 0 Å². The maximum atomic E-state index is 12.3. The summed E-state index contributed by atoms with van der Waals surface area (Å²) in [6.07, 6.45) is 1.62. The van der Waals surface area contributed by atoms with Gasteiger partial charge in [0, 0.05) is 20.3 Å². The van der Waals surface area contributed by atoms with Gasteiger partial charge in [-0.15, -0.1) is 0 Å². The molecule has 5 nitrogen and oxygen atoms in total. The topological polar surface area (TPSA) is 75.6 Å². The van der Waals surface area contributed by atoms with Crippen molar-refractivity contribution in [2.24, 2.45) is 5.41 Å². The minimum atomic E-state index is -3.41. The summed E-state index contributed by atoms with van der Waals surface area (Å²) in [4.78, 5) is 0. The van der Waals surface area contributed by atoms with E-state index in [4.69, 9.17) is 9.84 Å². The Labute approximate surface area is 140 Å². The molecule has 0 fully saturated rings. The van der Waals surface area contributed by atoms with Crippen LogP contribution in [-0.2, 0) is 21.2 Å². The number of benzene rings is 1. The Hall–Kier alpha value is -0.950. The molecule has 1 atom stereocenters. The fourth-order valence-corrected chi connectivity index (χ4v) is 3.81. The van der Waals surface area contributed by atoms with Crippen molar-refractivity contribution in [2.75, 3.05) is 26.0 Å². The summed E-state index contributed by atoms with van der Waals surface area (Å²) in [6, 6.07) is 9.71. The lowest BCUT2D eigenvalue weighted by atomic mass is 9.88. The van der Waals surface area contributed by atoms with E-state index in [0.717, 1.165) is 12.0 Å². The third-order valence-electron chi connectivity index (χ3n) is 3.83. The molecule has 1 aromatic rings. The number of methoxy groups -OCH3 is 1. The van der Waals surface area contributed by atoms with Crippen molar-refractivity contribution in [2.45, 2.75) is 39.2 Å².